The summed E-state index contributed by atoms with van der Waals surface area (Å²) < 4.78 is 7.44. The summed E-state index contributed by atoms with van der Waals surface area (Å²) in [5.74, 6) is 1.92. The summed E-state index contributed by atoms with van der Waals surface area (Å²) in [6, 6.07) is 10.5. The molecule has 152 valence electrons. The number of aromatic nitrogens is 2. The van der Waals surface area contributed by atoms with Gasteiger partial charge in [0, 0.05) is 31.7 Å². The normalized spacial score (nSPS) is 15.0. The molecule has 1 amide bonds. The van der Waals surface area contributed by atoms with Crippen LogP contribution in [0.2, 0.25) is 0 Å². The molecule has 5 nitrogen and oxygen atoms in total. The first-order chi connectivity index (χ1) is 13.5. The van der Waals surface area contributed by atoms with E-state index >= 15 is 0 Å². The van der Waals surface area contributed by atoms with Gasteiger partial charge in [0.1, 0.15) is 5.75 Å². The Morgan fingerprint density at radius 1 is 1.18 bits per heavy atom. The van der Waals surface area contributed by atoms with E-state index in [1.807, 2.05) is 30.4 Å². The molecule has 1 saturated heterocycles. The molecule has 28 heavy (non-hydrogen) atoms. The summed E-state index contributed by atoms with van der Waals surface area (Å²) in [5.41, 5.74) is 3.50. The van der Waals surface area contributed by atoms with Crippen LogP contribution in [0, 0.1) is 19.8 Å². The van der Waals surface area contributed by atoms with Crippen LogP contribution in [0.15, 0.2) is 30.3 Å². The molecule has 0 bridgehead atoms. The Labute approximate surface area is 168 Å². The van der Waals surface area contributed by atoms with Crippen molar-refractivity contribution in [3.8, 4) is 5.75 Å². The SMILES string of the molecule is CCOc1ccc(CCC2CCN(C(=O)CCn3nc(C)cc3C)CC2)cc1. The number of likely N-dealkylation sites (tertiary alicyclic amines) is 1. The summed E-state index contributed by atoms with van der Waals surface area (Å²) in [5, 5.41) is 4.45. The molecule has 0 aliphatic carbocycles. The Kier molecular flexibility index (Phi) is 7.12. The number of hydrogen-bond donors (Lipinski definition) is 0. The van der Waals surface area contributed by atoms with Gasteiger partial charge in [-0.1, -0.05) is 12.1 Å². The third-order valence-corrected chi connectivity index (χ3v) is 5.68. The van der Waals surface area contributed by atoms with Crippen molar-refractivity contribution in [1.82, 2.24) is 14.7 Å². The molecule has 1 aromatic carbocycles. The van der Waals surface area contributed by atoms with Crippen molar-refractivity contribution < 1.29 is 9.53 Å². The van der Waals surface area contributed by atoms with Crippen LogP contribution in [0.3, 0.4) is 0 Å². The molecular formula is C23H33N3O2. The van der Waals surface area contributed by atoms with Crippen LogP contribution in [0.1, 0.15) is 49.6 Å². The van der Waals surface area contributed by atoms with Crippen molar-refractivity contribution >= 4 is 5.91 Å². The van der Waals surface area contributed by atoms with Crippen LogP contribution < -0.4 is 4.74 Å². The van der Waals surface area contributed by atoms with E-state index in [1.165, 1.54) is 12.0 Å². The van der Waals surface area contributed by atoms with E-state index in [1.54, 1.807) is 0 Å². The van der Waals surface area contributed by atoms with E-state index in [0.29, 0.717) is 25.5 Å². The number of nitrogens with zero attached hydrogens (tertiary/aromatic N) is 3. The van der Waals surface area contributed by atoms with Gasteiger partial charge < -0.3 is 9.64 Å². The molecule has 0 unspecified atom stereocenters. The number of ether oxygens (including phenoxy) is 1. The first-order valence-corrected chi connectivity index (χ1v) is 10.6. The first-order valence-electron chi connectivity index (χ1n) is 10.6. The summed E-state index contributed by atoms with van der Waals surface area (Å²) in [7, 11) is 0. The van der Waals surface area contributed by atoms with Gasteiger partial charge in [0.2, 0.25) is 5.91 Å². The highest BCUT2D eigenvalue weighted by atomic mass is 16.5. The average Bonchev–Trinajstić information content (AvgIpc) is 3.03. The lowest BCUT2D eigenvalue weighted by Crippen LogP contribution is -2.39. The highest BCUT2D eigenvalue weighted by molar-refractivity contribution is 5.76. The maximum Gasteiger partial charge on any atom is 0.224 e. The highest BCUT2D eigenvalue weighted by Gasteiger charge is 2.22. The fourth-order valence-corrected chi connectivity index (χ4v) is 4.02. The number of rotatable bonds is 8. The van der Waals surface area contributed by atoms with Crippen molar-refractivity contribution in [3.05, 3.63) is 47.3 Å². The fraction of sp³-hybridized carbons (Fsp3) is 0.565. The van der Waals surface area contributed by atoms with Crippen LogP contribution in [0.5, 0.6) is 5.75 Å². The second kappa shape index (κ2) is 9.76. The molecule has 1 aromatic heterocycles. The Balaban J connectivity index is 1.37. The Hall–Kier alpha value is -2.30. The molecule has 0 saturated carbocycles. The lowest BCUT2D eigenvalue weighted by atomic mass is 9.90. The van der Waals surface area contributed by atoms with Gasteiger partial charge in [-0.25, -0.2) is 0 Å². The zero-order valence-electron chi connectivity index (χ0n) is 17.5. The van der Waals surface area contributed by atoms with Crippen LogP contribution in [0.25, 0.3) is 0 Å². The minimum Gasteiger partial charge on any atom is -0.494 e. The molecule has 1 aliphatic heterocycles. The summed E-state index contributed by atoms with van der Waals surface area (Å²) >= 11 is 0. The van der Waals surface area contributed by atoms with Crippen molar-refractivity contribution in [2.75, 3.05) is 19.7 Å². The third-order valence-electron chi connectivity index (χ3n) is 5.68. The largest absolute Gasteiger partial charge is 0.494 e. The molecule has 0 N–H and O–H groups in total. The maximum absolute atomic E-state index is 12.5. The van der Waals surface area contributed by atoms with E-state index in [9.17, 15) is 4.79 Å². The van der Waals surface area contributed by atoms with Crippen LogP contribution in [-0.4, -0.2) is 40.3 Å². The van der Waals surface area contributed by atoms with E-state index in [0.717, 1.165) is 49.5 Å². The number of amides is 1. The Morgan fingerprint density at radius 2 is 1.89 bits per heavy atom. The zero-order chi connectivity index (χ0) is 19.9. The van der Waals surface area contributed by atoms with E-state index in [-0.39, 0.29) is 5.91 Å². The van der Waals surface area contributed by atoms with Crippen LogP contribution in [0.4, 0.5) is 0 Å². The second-order valence-corrected chi connectivity index (χ2v) is 7.84. The smallest absolute Gasteiger partial charge is 0.224 e. The number of aryl methyl sites for hydroxylation is 4. The van der Waals surface area contributed by atoms with E-state index in [2.05, 4.69) is 35.4 Å². The van der Waals surface area contributed by atoms with Gasteiger partial charge in [-0.3, -0.25) is 9.48 Å². The monoisotopic (exact) mass is 383 g/mol. The van der Waals surface area contributed by atoms with Gasteiger partial charge in [-0.2, -0.15) is 5.10 Å². The third kappa shape index (κ3) is 5.60. The minimum atomic E-state index is 0.262. The van der Waals surface area contributed by atoms with Gasteiger partial charge in [0.25, 0.3) is 0 Å². The highest BCUT2D eigenvalue weighted by Crippen LogP contribution is 2.23. The Morgan fingerprint density at radius 3 is 2.50 bits per heavy atom. The van der Waals surface area contributed by atoms with Crippen molar-refractivity contribution in [2.24, 2.45) is 5.92 Å². The quantitative estimate of drug-likeness (QED) is 0.688. The summed E-state index contributed by atoms with van der Waals surface area (Å²) in [6.45, 7) is 9.20. The topological polar surface area (TPSA) is 47.4 Å². The van der Waals surface area contributed by atoms with Gasteiger partial charge in [-0.05, 0) is 76.1 Å². The summed E-state index contributed by atoms with van der Waals surface area (Å²) in [4.78, 5) is 14.6. The van der Waals surface area contributed by atoms with E-state index in [4.69, 9.17) is 4.74 Å². The molecular weight excluding hydrogens is 350 g/mol. The molecule has 0 spiro atoms. The Bertz CT molecular complexity index is 759. The van der Waals surface area contributed by atoms with Crippen LogP contribution in [-0.2, 0) is 17.8 Å². The molecule has 5 heteroatoms. The maximum atomic E-state index is 12.5. The van der Waals surface area contributed by atoms with Crippen molar-refractivity contribution in [3.63, 3.8) is 0 Å². The molecule has 1 aliphatic rings. The number of piperidine rings is 1. The molecule has 3 rings (SSSR count). The van der Waals surface area contributed by atoms with Gasteiger partial charge in [0.05, 0.1) is 12.3 Å². The molecule has 0 atom stereocenters. The fourth-order valence-electron chi connectivity index (χ4n) is 4.02. The van der Waals surface area contributed by atoms with Crippen LogP contribution >= 0.6 is 0 Å². The standard InChI is InChI=1S/C23H33N3O2/c1-4-28-22-9-7-20(8-10-22)5-6-21-11-14-25(15-12-21)23(27)13-16-26-19(3)17-18(2)24-26/h7-10,17,21H,4-6,11-16H2,1-3H3. The number of carbonyl (C=O) groups is 1. The number of carbonyl (C=O) groups excluding carboxylic acids is 1. The van der Waals surface area contributed by atoms with Gasteiger partial charge in [-0.15, -0.1) is 0 Å². The zero-order valence-corrected chi connectivity index (χ0v) is 17.5. The number of benzene rings is 1. The lowest BCUT2D eigenvalue weighted by molar-refractivity contribution is -0.132. The van der Waals surface area contributed by atoms with Crippen molar-refractivity contribution in [2.45, 2.75) is 59.4 Å². The van der Waals surface area contributed by atoms with Gasteiger partial charge in [0.15, 0.2) is 0 Å². The minimum absolute atomic E-state index is 0.262. The van der Waals surface area contributed by atoms with Gasteiger partial charge >= 0.3 is 0 Å². The lowest BCUT2D eigenvalue weighted by Gasteiger charge is -2.32. The average molecular weight is 384 g/mol. The molecule has 2 heterocycles. The molecule has 0 radical (unpaired) electrons. The predicted octanol–water partition coefficient (Wildman–Crippen LogP) is 4.16. The summed E-state index contributed by atoms with van der Waals surface area (Å²) in [6.07, 6.45) is 5.06. The predicted molar refractivity (Wildman–Crippen MR) is 112 cm³/mol. The second-order valence-electron chi connectivity index (χ2n) is 7.84. The number of hydrogen-bond acceptors (Lipinski definition) is 3. The molecule has 1 fully saturated rings. The van der Waals surface area contributed by atoms with E-state index < -0.39 is 0 Å². The molecule has 2 aromatic rings. The first kappa shape index (κ1) is 20.4. The van der Waals surface area contributed by atoms with Crippen molar-refractivity contribution in [1.29, 1.82) is 0 Å².